The van der Waals surface area contributed by atoms with Crippen molar-refractivity contribution in [1.82, 2.24) is 4.90 Å². The summed E-state index contributed by atoms with van der Waals surface area (Å²) in [5.74, 6) is -0.168. The van der Waals surface area contributed by atoms with E-state index in [4.69, 9.17) is 4.55 Å². The van der Waals surface area contributed by atoms with Crippen LogP contribution in [0.4, 0.5) is 0 Å². The summed E-state index contributed by atoms with van der Waals surface area (Å²) in [5.41, 5.74) is 0. The van der Waals surface area contributed by atoms with E-state index in [2.05, 4.69) is 0 Å². The Hall–Kier alpha value is -0.270. The van der Waals surface area contributed by atoms with Crippen LogP contribution >= 0.6 is 11.8 Å². The van der Waals surface area contributed by atoms with Gasteiger partial charge in [0.05, 0.1) is 5.75 Å². The molecule has 64 valence electrons. The number of hydrogen-bond donors (Lipinski definition) is 1. The molecule has 0 aromatic carbocycles. The summed E-state index contributed by atoms with van der Waals surface area (Å²) in [6.07, 6.45) is 0. The smallest absolute Gasteiger partial charge is 0.296 e. The van der Waals surface area contributed by atoms with Gasteiger partial charge in [0.15, 0.2) is 0 Å². The van der Waals surface area contributed by atoms with Gasteiger partial charge in [-0.3, -0.25) is 9.35 Å². The summed E-state index contributed by atoms with van der Waals surface area (Å²) < 4.78 is 28.5. The quantitative estimate of drug-likeness (QED) is 0.566. The molecule has 0 spiro atoms. The molecule has 0 aromatic rings. The first kappa shape index (κ1) is 8.82. The van der Waals surface area contributed by atoms with Crippen molar-refractivity contribution in [3.63, 3.8) is 0 Å². The van der Waals surface area contributed by atoms with Gasteiger partial charge in [0.2, 0.25) is 10.6 Å². The fraction of sp³-hybridized carbons (Fsp3) is 0.750. The van der Waals surface area contributed by atoms with E-state index in [0.29, 0.717) is 0 Å². The molecular weight excluding hydrogens is 190 g/mol. The van der Waals surface area contributed by atoms with Crippen LogP contribution < -0.4 is 0 Å². The minimum Gasteiger partial charge on any atom is -0.318 e. The average molecular weight is 197 g/mol. The van der Waals surface area contributed by atoms with E-state index in [0.717, 1.165) is 16.7 Å². The number of hydrogen-bond acceptors (Lipinski definition) is 4. The highest BCUT2D eigenvalue weighted by atomic mass is 32.3. The highest BCUT2D eigenvalue weighted by Gasteiger charge is 2.37. The normalized spacial score (nSPS) is 26.2. The molecule has 5 nitrogen and oxygen atoms in total. The fourth-order valence-electron chi connectivity index (χ4n) is 0.760. The van der Waals surface area contributed by atoms with Crippen molar-refractivity contribution in [3.05, 3.63) is 0 Å². The van der Waals surface area contributed by atoms with E-state index in [1.54, 1.807) is 0 Å². The van der Waals surface area contributed by atoms with Crippen LogP contribution in [0.5, 0.6) is 0 Å². The van der Waals surface area contributed by atoms with Crippen molar-refractivity contribution < 1.29 is 17.8 Å². The summed E-state index contributed by atoms with van der Waals surface area (Å²) in [6, 6.07) is 0. The van der Waals surface area contributed by atoms with Gasteiger partial charge in [-0.2, -0.15) is 8.42 Å². The lowest BCUT2D eigenvalue weighted by Crippen LogP contribution is -2.33. The maximum Gasteiger partial charge on any atom is 0.296 e. The molecule has 0 radical (unpaired) electrons. The van der Waals surface area contributed by atoms with E-state index < -0.39 is 14.8 Å². The first-order chi connectivity index (χ1) is 4.93. The molecule has 1 N–H and O–H groups in total. The number of amides is 1. The zero-order valence-corrected chi connectivity index (χ0v) is 7.35. The Balaban J connectivity index is 2.87. The minimum atomic E-state index is -4.12. The van der Waals surface area contributed by atoms with E-state index in [9.17, 15) is 13.2 Å². The molecule has 1 fully saturated rings. The Labute approximate surface area is 68.5 Å². The van der Waals surface area contributed by atoms with Crippen molar-refractivity contribution in [2.24, 2.45) is 0 Å². The van der Waals surface area contributed by atoms with Crippen LogP contribution in [0.1, 0.15) is 0 Å². The topological polar surface area (TPSA) is 74.7 Å². The summed E-state index contributed by atoms with van der Waals surface area (Å²) in [4.78, 5) is 11.8. The van der Waals surface area contributed by atoms with Gasteiger partial charge < -0.3 is 4.90 Å². The maximum atomic E-state index is 10.8. The second kappa shape index (κ2) is 2.65. The van der Waals surface area contributed by atoms with Crippen LogP contribution in [0.15, 0.2) is 0 Å². The fourth-order valence-corrected chi connectivity index (χ4v) is 3.00. The first-order valence-electron chi connectivity index (χ1n) is 2.76. The third kappa shape index (κ3) is 1.66. The largest absolute Gasteiger partial charge is 0.318 e. The monoisotopic (exact) mass is 197 g/mol. The van der Waals surface area contributed by atoms with E-state index >= 15 is 0 Å². The summed E-state index contributed by atoms with van der Waals surface area (Å²) in [7, 11) is -2.77. The van der Waals surface area contributed by atoms with Gasteiger partial charge in [-0.1, -0.05) is 0 Å². The standard InChI is InChI=1S/C4H7NO4S2/c1-5-3(6)2-10-4(5)11(7,8)9/h4H,2H2,1H3,(H,7,8,9). The molecule has 0 bridgehead atoms. The summed E-state index contributed by atoms with van der Waals surface area (Å²) >= 11 is 0.904. The van der Waals surface area contributed by atoms with E-state index in [1.165, 1.54) is 7.05 Å². The molecule has 0 aliphatic carbocycles. The SMILES string of the molecule is CN1C(=O)CSC1S(=O)(=O)O. The molecule has 1 unspecified atom stereocenters. The van der Waals surface area contributed by atoms with Gasteiger partial charge in [-0.15, -0.1) is 11.8 Å². The number of thioether (sulfide) groups is 1. The Kier molecular flexibility index (Phi) is 2.13. The summed E-state index contributed by atoms with van der Waals surface area (Å²) in [5, 5.41) is 0. The molecule has 1 rings (SSSR count). The molecule has 0 saturated carbocycles. The predicted octanol–water partition coefficient (Wildman–Crippen LogP) is -0.637. The van der Waals surface area contributed by atoms with Gasteiger partial charge in [0, 0.05) is 7.05 Å². The molecule has 1 aliphatic rings. The van der Waals surface area contributed by atoms with Gasteiger partial charge in [0.1, 0.15) is 0 Å². The number of nitrogens with zero attached hydrogens (tertiary/aromatic N) is 1. The zero-order chi connectivity index (χ0) is 8.65. The average Bonchev–Trinajstić information content (AvgIpc) is 2.11. The van der Waals surface area contributed by atoms with Crippen LogP contribution in [0.3, 0.4) is 0 Å². The van der Waals surface area contributed by atoms with E-state index in [1.807, 2.05) is 0 Å². The number of carbonyl (C=O) groups is 1. The molecule has 7 heteroatoms. The second-order valence-electron chi connectivity index (χ2n) is 2.14. The highest BCUT2D eigenvalue weighted by Crippen LogP contribution is 2.26. The van der Waals surface area contributed by atoms with Crippen LogP contribution in [0.2, 0.25) is 0 Å². The third-order valence-electron chi connectivity index (χ3n) is 1.31. The Morgan fingerprint density at radius 3 is 2.45 bits per heavy atom. The number of carbonyl (C=O) groups excluding carboxylic acids is 1. The van der Waals surface area contributed by atoms with Crippen molar-refractivity contribution in [2.45, 2.75) is 4.71 Å². The van der Waals surface area contributed by atoms with Crippen molar-refractivity contribution in [1.29, 1.82) is 0 Å². The molecule has 1 heterocycles. The van der Waals surface area contributed by atoms with Gasteiger partial charge in [0.25, 0.3) is 10.1 Å². The van der Waals surface area contributed by atoms with Gasteiger partial charge in [-0.05, 0) is 0 Å². The van der Waals surface area contributed by atoms with Crippen molar-refractivity contribution in [2.75, 3.05) is 12.8 Å². The lowest BCUT2D eigenvalue weighted by Gasteiger charge is -2.14. The molecule has 1 amide bonds. The molecule has 1 saturated heterocycles. The van der Waals surface area contributed by atoms with Crippen molar-refractivity contribution in [3.8, 4) is 0 Å². The molecule has 11 heavy (non-hydrogen) atoms. The minimum absolute atomic E-state index is 0.112. The van der Waals surface area contributed by atoms with Gasteiger partial charge in [-0.25, -0.2) is 0 Å². The lowest BCUT2D eigenvalue weighted by molar-refractivity contribution is -0.125. The zero-order valence-electron chi connectivity index (χ0n) is 5.72. The first-order valence-corrected chi connectivity index (χ1v) is 5.31. The van der Waals surface area contributed by atoms with Gasteiger partial charge >= 0.3 is 0 Å². The Morgan fingerprint density at radius 2 is 2.27 bits per heavy atom. The maximum absolute atomic E-state index is 10.8. The van der Waals surface area contributed by atoms with Crippen LogP contribution in [-0.2, 0) is 14.9 Å². The summed E-state index contributed by atoms with van der Waals surface area (Å²) in [6.45, 7) is 0. The van der Waals surface area contributed by atoms with E-state index in [-0.39, 0.29) is 11.7 Å². The van der Waals surface area contributed by atoms with Crippen LogP contribution in [0, 0.1) is 0 Å². The molecular formula is C4H7NO4S2. The Bertz CT molecular complexity index is 272. The number of rotatable bonds is 1. The van der Waals surface area contributed by atoms with Crippen LogP contribution in [0.25, 0.3) is 0 Å². The molecule has 1 aliphatic heterocycles. The van der Waals surface area contributed by atoms with Crippen LogP contribution in [-0.4, -0.2) is 41.3 Å². The molecule has 0 aromatic heterocycles. The van der Waals surface area contributed by atoms with Crippen molar-refractivity contribution >= 4 is 27.8 Å². The third-order valence-corrected chi connectivity index (χ3v) is 4.29. The Morgan fingerprint density at radius 1 is 1.73 bits per heavy atom. The molecule has 1 atom stereocenters. The highest BCUT2D eigenvalue weighted by molar-refractivity contribution is 8.12. The second-order valence-corrected chi connectivity index (χ2v) is 4.98. The lowest BCUT2D eigenvalue weighted by atomic mass is 10.6. The predicted molar refractivity (Wildman–Crippen MR) is 40.6 cm³/mol.